The van der Waals surface area contributed by atoms with E-state index in [0.29, 0.717) is 11.3 Å². The highest BCUT2D eigenvalue weighted by atomic mass is 35.5. The van der Waals surface area contributed by atoms with Crippen molar-refractivity contribution in [2.24, 2.45) is 11.5 Å². The summed E-state index contributed by atoms with van der Waals surface area (Å²) in [5.41, 5.74) is 18.6. The Balaban J connectivity index is 0.00000169. The predicted octanol–water partition coefficient (Wildman–Crippen LogP) is 0.663. The average molecular weight is 218 g/mol. The zero-order valence-corrected chi connectivity index (χ0v) is 8.84. The summed E-state index contributed by atoms with van der Waals surface area (Å²) in [6, 6.07) is 3.11. The third-order valence-corrected chi connectivity index (χ3v) is 2.09. The maximum Gasteiger partial charge on any atom is 0.143 e. The summed E-state index contributed by atoms with van der Waals surface area (Å²) >= 11 is 0. The number of aromatic hydroxyl groups is 1. The van der Waals surface area contributed by atoms with Crippen molar-refractivity contribution in [3.63, 3.8) is 0 Å². The number of benzene rings is 1. The van der Waals surface area contributed by atoms with E-state index in [2.05, 4.69) is 0 Å². The molecule has 5 heteroatoms. The molecular weight excluding hydrogens is 202 g/mol. The van der Waals surface area contributed by atoms with E-state index in [1.807, 2.05) is 13.0 Å². The number of anilines is 1. The van der Waals surface area contributed by atoms with Crippen LogP contribution >= 0.6 is 12.4 Å². The first-order chi connectivity index (χ1) is 6.07. The molecule has 80 valence electrons. The van der Waals surface area contributed by atoms with Crippen LogP contribution in [0.25, 0.3) is 0 Å². The molecule has 0 amide bonds. The molecule has 0 radical (unpaired) electrons. The van der Waals surface area contributed by atoms with Gasteiger partial charge in [0.1, 0.15) is 5.75 Å². The van der Waals surface area contributed by atoms with E-state index in [0.717, 1.165) is 5.56 Å². The number of phenols is 1. The van der Waals surface area contributed by atoms with Crippen LogP contribution < -0.4 is 17.2 Å². The Labute approximate surface area is 89.5 Å². The molecule has 1 aromatic rings. The van der Waals surface area contributed by atoms with Gasteiger partial charge in [0.2, 0.25) is 0 Å². The van der Waals surface area contributed by atoms with Gasteiger partial charge in [-0.25, -0.2) is 0 Å². The molecule has 4 nitrogen and oxygen atoms in total. The molecule has 0 bridgehead atoms. The summed E-state index contributed by atoms with van der Waals surface area (Å²) < 4.78 is 0. The van der Waals surface area contributed by atoms with Gasteiger partial charge in [0.05, 0.1) is 5.69 Å². The molecule has 0 aliphatic rings. The number of aryl methyl sites for hydroxylation is 1. The Bertz CT molecular complexity index is 317. The number of rotatable bonds is 2. The standard InChI is InChI=1S/C9H15N3O.ClH/c1-5-2-3-6(11)9(13)8(5)7(12)4-10;/h2-3,7,13H,4,10-12H2,1H3;1H/t7-;/m1./s1. The minimum absolute atomic E-state index is 0. The second-order valence-electron chi connectivity index (χ2n) is 3.08. The van der Waals surface area contributed by atoms with E-state index in [1.165, 1.54) is 0 Å². The van der Waals surface area contributed by atoms with E-state index in [9.17, 15) is 5.11 Å². The van der Waals surface area contributed by atoms with E-state index in [4.69, 9.17) is 17.2 Å². The fourth-order valence-corrected chi connectivity index (χ4v) is 1.31. The van der Waals surface area contributed by atoms with Gasteiger partial charge in [-0.1, -0.05) is 6.07 Å². The minimum atomic E-state index is -0.358. The lowest BCUT2D eigenvalue weighted by Crippen LogP contribution is -2.22. The third-order valence-electron chi connectivity index (χ3n) is 2.09. The fraction of sp³-hybridized carbons (Fsp3) is 0.333. The van der Waals surface area contributed by atoms with Gasteiger partial charge in [-0.15, -0.1) is 12.4 Å². The first-order valence-corrected chi connectivity index (χ1v) is 4.11. The van der Waals surface area contributed by atoms with Crippen molar-refractivity contribution in [2.75, 3.05) is 12.3 Å². The van der Waals surface area contributed by atoms with Crippen LogP contribution in [-0.2, 0) is 0 Å². The number of hydrogen-bond donors (Lipinski definition) is 4. The van der Waals surface area contributed by atoms with Gasteiger partial charge < -0.3 is 22.3 Å². The summed E-state index contributed by atoms with van der Waals surface area (Å²) in [4.78, 5) is 0. The van der Waals surface area contributed by atoms with Crippen molar-refractivity contribution in [2.45, 2.75) is 13.0 Å². The maximum atomic E-state index is 9.62. The van der Waals surface area contributed by atoms with E-state index in [-0.39, 0.29) is 30.7 Å². The second-order valence-corrected chi connectivity index (χ2v) is 3.08. The highest BCUT2D eigenvalue weighted by Crippen LogP contribution is 2.31. The van der Waals surface area contributed by atoms with Gasteiger partial charge in [0.25, 0.3) is 0 Å². The Morgan fingerprint density at radius 2 is 2.00 bits per heavy atom. The molecule has 0 saturated heterocycles. The molecule has 0 fully saturated rings. The number of nitrogen functional groups attached to an aromatic ring is 1. The van der Waals surface area contributed by atoms with Crippen LogP contribution in [0, 0.1) is 6.92 Å². The predicted molar refractivity (Wildman–Crippen MR) is 60.5 cm³/mol. The zero-order valence-electron chi connectivity index (χ0n) is 8.03. The molecule has 0 saturated carbocycles. The molecule has 0 aromatic heterocycles. The Morgan fingerprint density at radius 1 is 1.43 bits per heavy atom. The molecule has 7 N–H and O–H groups in total. The molecular formula is C9H16ClN3O. The van der Waals surface area contributed by atoms with Crippen LogP contribution in [0.15, 0.2) is 12.1 Å². The van der Waals surface area contributed by atoms with Crippen LogP contribution in [0.2, 0.25) is 0 Å². The number of hydrogen-bond acceptors (Lipinski definition) is 4. The van der Waals surface area contributed by atoms with Crippen LogP contribution in [0.5, 0.6) is 5.75 Å². The molecule has 1 aromatic carbocycles. The van der Waals surface area contributed by atoms with Crippen molar-refractivity contribution in [1.82, 2.24) is 0 Å². The lowest BCUT2D eigenvalue weighted by atomic mass is 10.00. The van der Waals surface area contributed by atoms with Crippen LogP contribution in [-0.4, -0.2) is 11.7 Å². The van der Waals surface area contributed by atoms with E-state index < -0.39 is 0 Å². The summed E-state index contributed by atoms with van der Waals surface area (Å²) in [6.07, 6.45) is 0. The van der Waals surface area contributed by atoms with Crippen LogP contribution in [0.1, 0.15) is 17.2 Å². The molecule has 1 atom stereocenters. The van der Waals surface area contributed by atoms with Crippen LogP contribution in [0.4, 0.5) is 5.69 Å². The Morgan fingerprint density at radius 3 is 2.50 bits per heavy atom. The molecule has 0 unspecified atom stereocenters. The van der Waals surface area contributed by atoms with Gasteiger partial charge in [0.15, 0.2) is 0 Å². The van der Waals surface area contributed by atoms with Crippen molar-refractivity contribution in [3.05, 3.63) is 23.3 Å². The normalized spacial score (nSPS) is 11.9. The lowest BCUT2D eigenvalue weighted by molar-refractivity contribution is 0.464. The quantitative estimate of drug-likeness (QED) is 0.432. The van der Waals surface area contributed by atoms with Crippen molar-refractivity contribution < 1.29 is 5.11 Å². The monoisotopic (exact) mass is 217 g/mol. The van der Waals surface area contributed by atoms with Gasteiger partial charge in [-0.3, -0.25) is 0 Å². The fourth-order valence-electron chi connectivity index (χ4n) is 1.31. The van der Waals surface area contributed by atoms with E-state index >= 15 is 0 Å². The highest BCUT2D eigenvalue weighted by Gasteiger charge is 2.13. The first-order valence-electron chi connectivity index (χ1n) is 4.11. The molecule has 0 spiro atoms. The first kappa shape index (κ1) is 13.0. The largest absolute Gasteiger partial charge is 0.505 e. The van der Waals surface area contributed by atoms with Gasteiger partial charge in [0, 0.05) is 18.2 Å². The van der Waals surface area contributed by atoms with E-state index in [1.54, 1.807) is 6.07 Å². The zero-order chi connectivity index (χ0) is 10.0. The van der Waals surface area contributed by atoms with Gasteiger partial charge >= 0.3 is 0 Å². The molecule has 14 heavy (non-hydrogen) atoms. The van der Waals surface area contributed by atoms with Crippen molar-refractivity contribution >= 4 is 18.1 Å². The Kier molecular flexibility index (Phi) is 4.70. The molecule has 0 aliphatic heterocycles. The lowest BCUT2D eigenvalue weighted by Gasteiger charge is -2.15. The minimum Gasteiger partial charge on any atom is -0.505 e. The summed E-state index contributed by atoms with van der Waals surface area (Å²) in [5, 5.41) is 9.62. The topological polar surface area (TPSA) is 98.3 Å². The third kappa shape index (κ3) is 2.29. The average Bonchev–Trinajstić information content (AvgIpc) is 2.12. The van der Waals surface area contributed by atoms with Gasteiger partial charge in [-0.2, -0.15) is 0 Å². The number of phenolic OH excluding ortho intramolecular Hbond substituents is 1. The SMILES string of the molecule is Cc1ccc(N)c(O)c1[C@H](N)CN.Cl. The number of nitrogens with two attached hydrogens (primary N) is 3. The van der Waals surface area contributed by atoms with Crippen molar-refractivity contribution in [1.29, 1.82) is 0 Å². The summed E-state index contributed by atoms with van der Waals surface area (Å²) in [6.45, 7) is 2.15. The van der Waals surface area contributed by atoms with Gasteiger partial charge in [-0.05, 0) is 18.6 Å². The summed E-state index contributed by atoms with van der Waals surface area (Å²) in [5.74, 6) is 0.0537. The molecule has 0 aliphatic carbocycles. The molecule has 1 rings (SSSR count). The molecule has 0 heterocycles. The highest BCUT2D eigenvalue weighted by molar-refractivity contribution is 5.85. The summed E-state index contributed by atoms with van der Waals surface area (Å²) in [7, 11) is 0. The van der Waals surface area contributed by atoms with Crippen molar-refractivity contribution in [3.8, 4) is 5.75 Å². The van der Waals surface area contributed by atoms with Crippen LogP contribution in [0.3, 0.4) is 0 Å². The Hall–Kier alpha value is -0.970. The second kappa shape index (κ2) is 5.05. The number of halogens is 1. The smallest absolute Gasteiger partial charge is 0.143 e. The maximum absolute atomic E-state index is 9.62.